The van der Waals surface area contributed by atoms with Crippen LogP contribution >= 0.6 is 0 Å². The van der Waals surface area contributed by atoms with Gasteiger partial charge in [-0.3, -0.25) is 4.90 Å². The lowest BCUT2D eigenvalue weighted by atomic mass is 10.2. The van der Waals surface area contributed by atoms with Crippen LogP contribution in [0.25, 0.3) is 0 Å². The molecule has 4 unspecified atom stereocenters. The number of likely N-dealkylation sites (tertiary alicyclic amines) is 1. The van der Waals surface area contributed by atoms with Crippen molar-refractivity contribution in [3.8, 4) is 0 Å². The maximum absolute atomic E-state index is 5.51. The van der Waals surface area contributed by atoms with Gasteiger partial charge in [-0.2, -0.15) is 0 Å². The van der Waals surface area contributed by atoms with Crippen LogP contribution in [-0.4, -0.2) is 63.0 Å². The van der Waals surface area contributed by atoms with Gasteiger partial charge < -0.3 is 14.8 Å². The summed E-state index contributed by atoms with van der Waals surface area (Å²) in [7, 11) is 3.58. The second-order valence-electron chi connectivity index (χ2n) is 5.62. The fourth-order valence-corrected chi connectivity index (χ4v) is 3.35. The summed E-state index contributed by atoms with van der Waals surface area (Å²) in [6.07, 6.45) is 5.63. The molecule has 2 aliphatic rings. The molecular formula is C14H28N2O2. The third-order valence-corrected chi connectivity index (χ3v) is 4.45. The SMILES string of the molecule is CCCNC1CCC(N2CC(OC)C(OC)C2)C1. The minimum Gasteiger partial charge on any atom is -0.377 e. The molecule has 0 bridgehead atoms. The Kier molecular flexibility index (Phi) is 5.42. The van der Waals surface area contributed by atoms with Crippen molar-refractivity contribution in [2.45, 2.75) is 56.9 Å². The Morgan fingerprint density at radius 2 is 1.78 bits per heavy atom. The Bertz CT molecular complexity index is 238. The van der Waals surface area contributed by atoms with Gasteiger partial charge in [-0.25, -0.2) is 0 Å². The largest absolute Gasteiger partial charge is 0.377 e. The molecule has 0 radical (unpaired) electrons. The summed E-state index contributed by atoms with van der Waals surface area (Å²) in [5.74, 6) is 0. The zero-order valence-corrected chi connectivity index (χ0v) is 12.0. The molecule has 0 aromatic heterocycles. The summed E-state index contributed by atoms with van der Waals surface area (Å²) in [6, 6.07) is 1.44. The average Bonchev–Trinajstić information content (AvgIpc) is 3.01. The molecule has 0 aromatic rings. The second-order valence-corrected chi connectivity index (χ2v) is 5.62. The van der Waals surface area contributed by atoms with Gasteiger partial charge in [-0.05, 0) is 32.2 Å². The molecule has 1 heterocycles. The van der Waals surface area contributed by atoms with Crippen LogP contribution < -0.4 is 5.32 Å². The minimum absolute atomic E-state index is 0.248. The zero-order valence-electron chi connectivity index (χ0n) is 12.0. The number of hydrogen-bond acceptors (Lipinski definition) is 4. The molecule has 4 heteroatoms. The van der Waals surface area contributed by atoms with Crippen molar-refractivity contribution in [2.75, 3.05) is 33.9 Å². The first kappa shape index (κ1) is 14.3. The van der Waals surface area contributed by atoms with Gasteiger partial charge in [0.1, 0.15) is 0 Å². The van der Waals surface area contributed by atoms with Gasteiger partial charge in [0.15, 0.2) is 0 Å². The highest BCUT2D eigenvalue weighted by Crippen LogP contribution is 2.28. The molecule has 0 amide bonds. The van der Waals surface area contributed by atoms with Crippen molar-refractivity contribution in [3.63, 3.8) is 0 Å². The maximum atomic E-state index is 5.51. The Balaban J connectivity index is 1.79. The average molecular weight is 256 g/mol. The van der Waals surface area contributed by atoms with E-state index in [1.54, 1.807) is 14.2 Å². The molecule has 1 saturated heterocycles. The molecule has 1 aliphatic heterocycles. The standard InChI is InChI=1S/C14H28N2O2/c1-4-7-15-11-5-6-12(8-11)16-9-13(17-2)14(10-16)18-3/h11-15H,4-10H2,1-3H3. The molecule has 2 fully saturated rings. The molecule has 4 atom stereocenters. The van der Waals surface area contributed by atoms with E-state index in [1.165, 1.54) is 25.7 Å². The van der Waals surface area contributed by atoms with Crippen LogP contribution in [-0.2, 0) is 9.47 Å². The Morgan fingerprint density at radius 1 is 1.11 bits per heavy atom. The first-order valence-electron chi connectivity index (χ1n) is 7.31. The normalized spacial score (nSPS) is 37.5. The number of nitrogens with one attached hydrogen (secondary N) is 1. The molecular weight excluding hydrogens is 228 g/mol. The van der Waals surface area contributed by atoms with Crippen molar-refractivity contribution in [3.05, 3.63) is 0 Å². The third kappa shape index (κ3) is 3.23. The lowest BCUT2D eigenvalue weighted by Crippen LogP contribution is -2.35. The third-order valence-electron chi connectivity index (χ3n) is 4.45. The highest BCUT2D eigenvalue weighted by atomic mass is 16.5. The summed E-state index contributed by atoms with van der Waals surface area (Å²) < 4.78 is 11.0. The van der Waals surface area contributed by atoms with Crippen LogP contribution in [0, 0.1) is 0 Å². The fourth-order valence-electron chi connectivity index (χ4n) is 3.35. The first-order chi connectivity index (χ1) is 8.78. The van der Waals surface area contributed by atoms with Crippen LogP contribution in [0.3, 0.4) is 0 Å². The summed E-state index contributed by atoms with van der Waals surface area (Å²) in [5, 5.41) is 3.65. The van der Waals surface area contributed by atoms with Crippen LogP contribution in [0.4, 0.5) is 0 Å². The van der Waals surface area contributed by atoms with Gasteiger partial charge in [0.2, 0.25) is 0 Å². The van der Waals surface area contributed by atoms with Gasteiger partial charge in [0.05, 0.1) is 12.2 Å². The number of hydrogen-bond donors (Lipinski definition) is 1. The molecule has 1 N–H and O–H groups in total. The monoisotopic (exact) mass is 256 g/mol. The molecule has 1 saturated carbocycles. The first-order valence-corrected chi connectivity index (χ1v) is 7.31. The van der Waals surface area contributed by atoms with Crippen molar-refractivity contribution in [1.29, 1.82) is 0 Å². The molecule has 4 nitrogen and oxygen atoms in total. The quantitative estimate of drug-likeness (QED) is 0.775. The lowest BCUT2D eigenvalue weighted by Gasteiger charge is -2.23. The molecule has 2 rings (SSSR count). The highest BCUT2D eigenvalue weighted by Gasteiger charge is 2.38. The maximum Gasteiger partial charge on any atom is 0.0971 e. The van der Waals surface area contributed by atoms with E-state index in [0.717, 1.165) is 31.7 Å². The predicted octanol–water partition coefficient (Wildman–Crippen LogP) is 1.25. The Hall–Kier alpha value is -0.160. The van der Waals surface area contributed by atoms with Gasteiger partial charge in [0, 0.05) is 39.4 Å². The van der Waals surface area contributed by atoms with Crippen molar-refractivity contribution in [1.82, 2.24) is 10.2 Å². The molecule has 0 spiro atoms. The van der Waals surface area contributed by atoms with Gasteiger partial charge in [-0.15, -0.1) is 0 Å². The predicted molar refractivity (Wildman–Crippen MR) is 72.9 cm³/mol. The Labute approximate surface area is 111 Å². The van der Waals surface area contributed by atoms with Crippen molar-refractivity contribution in [2.24, 2.45) is 0 Å². The van der Waals surface area contributed by atoms with E-state index in [0.29, 0.717) is 0 Å². The van der Waals surface area contributed by atoms with E-state index >= 15 is 0 Å². The molecule has 106 valence electrons. The second kappa shape index (κ2) is 6.85. The van der Waals surface area contributed by atoms with E-state index < -0.39 is 0 Å². The molecule has 18 heavy (non-hydrogen) atoms. The number of rotatable bonds is 6. The van der Waals surface area contributed by atoms with E-state index in [1.807, 2.05) is 0 Å². The number of ether oxygens (including phenoxy) is 2. The number of nitrogens with zero attached hydrogens (tertiary/aromatic N) is 1. The summed E-state index contributed by atoms with van der Waals surface area (Å²) in [4.78, 5) is 2.57. The van der Waals surface area contributed by atoms with Gasteiger partial charge in [0.25, 0.3) is 0 Å². The molecule has 0 aromatic carbocycles. The summed E-state index contributed by atoms with van der Waals surface area (Å²) in [6.45, 7) is 5.44. The van der Waals surface area contributed by atoms with Crippen LogP contribution in [0.2, 0.25) is 0 Å². The van der Waals surface area contributed by atoms with Crippen molar-refractivity contribution >= 4 is 0 Å². The summed E-state index contributed by atoms with van der Waals surface area (Å²) in [5.41, 5.74) is 0. The van der Waals surface area contributed by atoms with Gasteiger partial charge >= 0.3 is 0 Å². The highest BCUT2D eigenvalue weighted by molar-refractivity contribution is 4.94. The fraction of sp³-hybridized carbons (Fsp3) is 1.00. The minimum atomic E-state index is 0.248. The van der Waals surface area contributed by atoms with Gasteiger partial charge in [-0.1, -0.05) is 6.92 Å². The Morgan fingerprint density at radius 3 is 2.33 bits per heavy atom. The van der Waals surface area contributed by atoms with E-state index in [4.69, 9.17) is 9.47 Å². The van der Waals surface area contributed by atoms with Crippen LogP contribution in [0.1, 0.15) is 32.6 Å². The van der Waals surface area contributed by atoms with E-state index in [2.05, 4.69) is 17.1 Å². The smallest absolute Gasteiger partial charge is 0.0971 e. The summed E-state index contributed by atoms with van der Waals surface area (Å²) >= 11 is 0. The van der Waals surface area contributed by atoms with E-state index in [9.17, 15) is 0 Å². The van der Waals surface area contributed by atoms with Crippen LogP contribution in [0.5, 0.6) is 0 Å². The number of methoxy groups -OCH3 is 2. The van der Waals surface area contributed by atoms with E-state index in [-0.39, 0.29) is 12.2 Å². The molecule has 1 aliphatic carbocycles. The lowest BCUT2D eigenvalue weighted by molar-refractivity contribution is -0.00461. The topological polar surface area (TPSA) is 33.7 Å². The van der Waals surface area contributed by atoms with Crippen LogP contribution in [0.15, 0.2) is 0 Å². The van der Waals surface area contributed by atoms with Crippen molar-refractivity contribution < 1.29 is 9.47 Å². The zero-order chi connectivity index (χ0) is 13.0.